The molecule has 1 aromatic rings. The van der Waals surface area contributed by atoms with E-state index in [-0.39, 0.29) is 48.4 Å². The van der Waals surface area contributed by atoms with E-state index in [0.717, 1.165) is 18.4 Å². The molecule has 152 valence electrons. The Kier molecular flexibility index (Phi) is 12.4. The molecule has 0 saturated carbocycles. The number of rotatable bonds is 8. The third kappa shape index (κ3) is 9.60. The van der Waals surface area contributed by atoms with Gasteiger partial charge in [-0.15, -0.1) is 24.0 Å². The highest BCUT2D eigenvalue weighted by atomic mass is 127. The average Bonchev–Trinajstić information content (AvgIpc) is 2.64. The second-order valence-electron chi connectivity index (χ2n) is 6.36. The molecule has 0 fully saturated rings. The number of halogens is 1. The molecule has 0 spiro atoms. The Labute approximate surface area is 179 Å². The van der Waals surface area contributed by atoms with E-state index in [1.165, 1.54) is 4.90 Å². The number of hydrogen-bond acceptors (Lipinski definition) is 3. The Bertz CT molecular complexity index is 634. The fourth-order valence-corrected chi connectivity index (χ4v) is 2.11. The molecule has 7 nitrogen and oxygen atoms in total. The molecule has 0 radical (unpaired) electrons. The van der Waals surface area contributed by atoms with Gasteiger partial charge in [0.25, 0.3) is 5.91 Å². The zero-order valence-corrected chi connectivity index (χ0v) is 19.2. The first-order chi connectivity index (χ1) is 12.4. The normalized spacial score (nSPS) is 11.8. The first-order valence-corrected chi connectivity index (χ1v) is 8.93. The van der Waals surface area contributed by atoms with Crippen LogP contribution in [-0.2, 0) is 11.2 Å². The number of guanidine groups is 1. The maximum absolute atomic E-state index is 11.8. The second kappa shape index (κ2) is 13.3. The molecule has 1 rings (SSSR count). The second-order valence-corrected chi connectivity index (χ2v) is 6.36. The number of nitrogens with zero attached hydrogens (tertiary/aromatic N) is 2. The summed E-state index contributed by atoms with van der Waals surface area (Å²) < 4.78 is 0. The van der Waals surface area contributed by atoms with Crippen molar-refractivity contribution in [3.63, 3.8) is 0 Å². The van der Waals surface area contributed by atoms with Crippen LogP contribution < -0.4 is 16.0 Å². The molecule has 1 aromatic carbocycles. The lowest BCUT2D eigenvalue weighted by Gasteiger charge is -2.17. The lowest BCUT2D eigenvalue weighted by atomic mass is 10.1. The third-order valence-electron chi connectivity index (χ3n) is 3.99. The number of carbonyl (C=O) groups excluding carboxylic acids is 2. The van der Waals surface area contributed by atoms with Gasteiger partial charge in [0.2, 0.25) is 5.91 Å². The predicted molar refractivity (Wildman–Crippen MR) is 121 cm³/mol. The molecular weight excluding hydrogens is 457 g/mol. The van der Waals surface area contributed by atoms with E-state index in [2.05, 4.69) is 34.8 Å². The molecule has 8 heteroatoms. The van der Waals surface area contributed by atoms with E-state index in [1.54, 1.807) is 27.2 Å². The molecule has 0 saturated heterocycles. The van der Waals surface area contributed by atoms with Crippen LogP contribution in [0.3, 0.4) is 0 Å². The molecule has 0 heterocycles. The first-order valence-electron chi connectivity index (χ1n) is 8.93. The molecule has 2 amide bonds. The summed E-state index contributed by atoms with van der Waals surface area (Å²) in [4.78, 5) is 29.4. The fourth-order valence-electron chi connectivity index (χ4n) is 2.11. The smallest absolute Gasteiger partial charge is 0.251 e. The number of nitrogens with one attached hydrogen (secondary N) is 3. The summed E-state index contributed by atoms with van der Waals surface area (Å²) in [6.45, 7) is 4.91. The Hall–Kier alpha value is -1.84. The molecule has 27 heavy (non-hydrogen) atoms. The summed E-state index contributed by atoms with van der Waals surface area (Å²) in [5.41, 5.74) is 1.71. The Morgan fingerprint density at radius 3 is 2.56 bits per heavy atom. The van der Waals surface area contributed by atoms with Crippen LogP contribution in [0, 0.1) is 0 Å². The van der Waals surface area contributed by atoms with Gasteiger partial charge in [-0.3, -0.25) is 9.59 Å². The zero-order valence-electron chi connectivity index (χ0n) is 16.8. The van der Waals surface area contributed by atoms with Crippen LogP contribution >= 0.6 is 24.0 Å². The van der Waals surface area contributed by atoms with E-state index in [4.69, 9.17) is 0 Å². The highest BCUT2D eigenvalue weighted by molar-refractivity contribution is 14.0. The molecule has 0 aliphatic heterocycles. The van der Waals surface area contributed by atoms with Crippen LogP contribution in [0.1, 0.15) is 36.2 Å². The Balaban J connectivity index is 0.00000676. The Morgan fingerprint density at radius 1 is 1.26 bits per heavy atom. The number of hydrogen-bond donors (Lipinski definition) is 3. The van der Waals surface area contributed by atoms with Crippen LogP contribution in [0.2, 0.25) is 0 Å². The van der Waals surface area contributed by atoms with Crippen molar-refractivity contribution in [1.82, 2.24) is 20.9 Å². The SMILES string of the molecule is CCC(C)NC(=NCC(=O)N(C)C)NCCc1cccc(C(=O)NC)c1.I. The van der Waals surface area contributed by atoms with Gasteiger partial charge in [-0.1, -0.05) is 19.1 Å². The number of benzene rings is 1. The molecule has 3 N–H and O–H groups in total. The number of likely N-dealkylation sites (N-methyl/N-ethyl adjacent to an activating group) is 1. The first kappa shape index (κ1) is 25.2. The standard InChI is InChI=1S/C19H31N5O2.HI/c1-6-14(2)23-19(22-13-17(25)24(4)5)21-11-10-15-8-7-9-16(12-15)18(26)20-3;/h7-9,12,14H,6,10-11,13H2,1-5H3,(H,20,26)(H2,21,22,23);1H. The van der Waals surface area contributed by atoms with Gasteiger partial charge in [-0.05, 0) is 37.5 Å². The summed E-state index contributed by atoms with van der Waals surface area (Å²) in [7, 11) is 5.05. The minimum absolute atomic E-state index is 0. The van der Waals surface area contributed by atoms with E-state index >= 15 is 0 Å². The fraction of sp³-hybridized carbons (Fsp3) is 0.526. The van der Waals surface area contributed by atoms with Gasteiger partial charge < -0.3 is 20.9 Å². The molecule has 0 bridgehead atoms. The van der Waals surface area contributed by atoms with Gasteiger partial charge in [0, 0.05) is 39.3 Å². The Morgan fingerprint density at radius 2 is 1.96 bits per heavy atom. The largest absolute Gasteiger partial charge is 0.356 e. The lowest BCUT2D eigenvalue weighted by molar-refractivity contribution is -0.127. The van der Waals surface area contributed by atoms with E-state index < -0.39 is 0 Å². The summed E-state index contributed by atoms with van der Waals surface area (Å²) in [6, 6.07) is 7.80. The van der Waals surface area contributed by atoms with Gasteiger partial charge in [-0.25, -0.2) is 4.99 Å². The monoisotopic (exact) mass is 489 g/mol. The minimum atomic E-state index is -0.0947. The van der Waals surface area contributed by atoms with Crippen LogP contribution in [0.25, 0.3) is 0 Å². The summed E-state index contributed by atoms with van der Waals surface area (Å²) in [5, 5.41) is 9.18. The molecule has 1 unspecified atom stereocenters. The highest BCUT2D eigenvalue weighted by Gasteiger charge is 2.08. The van der Waals surface area contributed by atoms with Crippen LogP contribution in [-0.4, -0.2) is 62.9 Å². The molecule has 0 aliphatic carbocycles. The van der Waals surface area contributed by atoms with Crippen molar-refractivity contribution < 1.29 is 9.59 Å². The lowest BCUT2D eigenvalue weighted by Crippen LogP contribution is -2.43. The van der Waals surface area contributed by atoms with Crippen molar-refractivity contribution >= 4 is 41.8 Å². The number of aliphatic imine (C=N–C) groups is 1. The number of carbonyl (C=O) groups is 2. The van der Waals surface area contributed by atoms with Crippen molar-refractivity contribution in [3.05, 3.63) is 35.4 Å². The van der Waals surface area contributed by atoms with Crippen molar-refractivity contribution in [1.29, 1.82) is 0 Å². The average molecular weight is 489 g/mol. The maximum Gasteiger partial charge on any atom is 0.251 e. The maximum atomic E-state index is 11.8. The van der Waals surface area contributed by atoms with E-state index in [0.29, 0.717) is 18.1 Å². The predicted octanol–water partition coefficient (Wildman–Crippen LogP) is 1.63. The third-order valence-corrected chi connectivity index (χ3v) is 3.99. The molecular formula is C19H32IN5O2. The molecule has 0 aliphatic rings. The molecule has 1 atom stereocenters. The minimum Gasteiger partial charge on any atom is -0.356 e. The van der Waals surface area contributed by atoms with Gasteiger partial charge in [0.05, 0.1) is 0 Å². The highest BCUT2D eigenvalue weighted by Crippen LogP contribution is 2.05. The van der Waals surface area contributed by atoms with Gasteiger partial charge >= 0.3 is 0 Å². The summed E-state index contributed by atoms with van der Waals surface area (Å²) >= 11 is 0. The van der Waals surface area contributed by atoms with Gasteiger partial charge in [0.1, 0.15) is 6.54 Å². The van der Waals surface area contributed by atoms with Crippen molar-refractivity contribution in [2.24, 2.45) is 4.99 Å². The van der Waals surface area contributed by atoms with Crippen LogP contribution in [0.5, 0.6) is 0 Å². The summed E-state index contributed by atoms with van der Waals surface area (Å²) in [5.74, 6) is 0.480. The van der Waals surface area contributed by atoms with E-state index in [1.807, 2.05) is 18.2 Å². The quantitative estimate of drug-likeness (QED) is 0.295. The van der Waals surface area contributed by atoms with Crippen molar-refractivity contribution in [2.75, 3.05) is 34.2 Å². The van der Waals surface area contributed by atoms with E-state index in [9.17, 15) is 9.59 Å². The zero-order chi connectivity index (χ0) is 19.5. The van der Waals surface area contributed by atoms with Crippen LogP contribution in [0.15, 0.2) is 29.3 Å². The molecule has 0 aromatic heterocycles. The topological polar surface area (TPSA) is 85.8 Å². The van der Waals surface area contributed by atoms with Crippen LogP contribution in [0.4, 0.5) is 0 Å². The number of amides is 2. The summed E-state index contributed by atoms with van der Waals surface area (Å²) in [6.07, 6.45) is 1.70. The van der Waals surface area contributed by atoms with Crippen molar-refractivity contribution in [3.8, 4) is 0 Å². The van der Waals surface area contributed by atoms with Gasteiger partial charge in [0.15, 0.2) is 5.96 Å². The van der Waals surface area contributed by atoms with Crippen molar-refractivity contribution in [2.45, 2.75) is 32.7 Å². The van der Waals surface area contributed by atoms with Gasteiger partial charge in [-0.2, -0.15) is 0 Å².